The van der Waals surface area contributed by atoms with Crippen LogP contribution in [0.2, 0.25) is 0 Å². The van der Waals surface area contributed by atoms with Crippen molar-refractivity contribution in [2.45, 2.75) is 45.2 Å². The Morgan fingerprint density at radius 3 is 1.30 bits per heavy atom. The molecule has 0 saturated carbocycles. The molecule has 3 rings (SSSR count). The highest BCUT2D eigenvalue weighted by Crippen LogP contribution is 2.29. The van der Waals surface area contributed by atoms with E-state index in [4.69, 9.17) is 15.8 Å². The number of amides is 3. The fraction of sp³-hybridized carbons (Fsp3) is 0.226. The van der Waals surface area contributed by atoms with E-state index < -0.39 is 17.6 Å². The maximum Gasteiger partial charge on any atom is 0.416 e. The largest absolute Gasteiger partial charge is 0.416 e. The Hall–Kier alpha value is -5.67. The zero-order valence-electron chi connectivity index (χ0n) is 23.4. The molecule has 0 spiro atoms. The lowest BCUT2D eigenvalue weighted by atomic mass is 10.0. The number of carbonyl (C=O) groups is 3. The van der Waals surface area contributed by atoms with Crippen LogP contribution in [-0.2, 0) is 20.6 Å². The van der Waals surface area contributed by atoms with E-state index in [0.29, 0.717) is 5.92 Å². The van der Waals surface area contributed by atoms with Crippen molar-refractivity contribution in [3.8, 4) is 18.2 Å². The van der Waals surface area contributed by atoms with Gasteiger partial charge >= 0.3 is 6.18 Å². The molecule has 43 heavy (non-hydrogen) atoms. The number of alkyl halides is 3. The van der Waals surface area contributed by atoms with Crippen molar-refractivity contribution < 1.29 is 27.6 Å². The molecule has 222 valence electrons. The number of benzene rings is 3. The summed E-state index contributed by atoms with van der Waals surface area (Å²) in [5.74, 6) is -0.616. The quantitative estimate of drug-likeness (QED) is 0.276. The second-order valence-corrected chi connectivity index (χ2v) is 8.87. The number of halogens is 3. The Morgan fingerprint density at radius 2 is 0.977 bits per heavy atom. The molecule has 0 atom stereocenters. The summed E-state index contributed by atoms with van der Waals surface area (Å²) < 4.78 is 36.5. The summed E-state index contributed by atoms with van der Waals surface area (Å²) in [7, 11) is 0. The summed E-state index contributed by atoms with van der Waals surface area (Å²) in [5.41, 5.74) is 2.13. The number of para-hydroxylation sites is 1. The third-order valence-corrected chi connectivity index (χ3v) is 5.13. The summed E-state index contributed by atoms with van der Waals surface area (Å²) in [5, 5.41) is 32.3. The van der Waals surface area contributed by atoms with Gasteiger partial charge in [-0.15, -0.1) is 0 Å². The van der Waals surface area contributed by atoms with Crippen LogP contribution in [0.3, 0.4) is 0 Å². The first kappa shape index (κ1) is 35.4. The highest BCUT2D eigenvalue weighted by Gasteiger charge is 2.29. The molecule has 0 aromatic heterocycles. The topological polar surface area (TPSA) is 159 Å². The molecular weight excluding hydrogens is 561 g/mol. The van der Waals surface area contributed by atoms with Gasteiger partial charge in [0.05, 0.1) is 23.8 Å². The summed E-state index contributed by atoms with van der Waals surface area (Å²) in [6, 6.07) is 25.9. The summed E-state index contributed by atoms with van der Waals surface area (Å²) in [6.45, 7) is 4.23. The molecule has 3 N–H and O–H groups in total. The normalized spacial score (nSPS) is 9.74. The van der Waals surface area contributed by atoms with Crippen LogP contribution < -0.4 is 16.0 Å². The lowest BCUT2D eigenvalue weighted by Gasteiger charge is -2.07. The second kappa shape index (κ2) is 18.6. The van der Waals surface area contributed by atoms with Gasteiger partial charge in [-0.1, -0.05) is 44.2 Å². The average Bonchev–Trinajstić information content (AvgIpc) is 2.95. The molecule has 3 amide bonds. The molecule has 0 saturated heterocycles. The van der Waals surface area contributed by atoms with Crippen LogP contribution >= 0.6 is 0 Å². The summed E-state index contributed by atoms with van der Waals surface area (Å²) >= 11 is 0. The van der Waals surface area contributed by atoms with Gasteiger partial charge in [-0.05, 0) is 60.0 Å². The number of rotatable bonds is 7. The van der Waals surface area contributed by atoms with Crippen molar-refractivity contribution in [1.29, 1.82) is 15.8 Å². The number of nitriles is 3. The van der Waals surface area contributed by atoms with E-state index in [9.17, 15) is 27.6 Å². The number of hydrogen-bond donors (Lipinski definition) is 3. The first-order chi connectivity index (χ1) is 20.4. The number of hydrogen-bond acceptors (Lipinski definition) is 6. The van der Waals surface area contributed by atoms with Crippen LogP contribution in [0.15, 0.2) is 78.9 Å². The second-order valence-electron chi connectivity index (χ2n) is 8.87. The number of nitrogens with one attached hydrogen (secondary N) is 3. The highest BCUT2D eigenvalue weighted by atomic mass is 19.4. The zero-order valence-corrected chi connectivity index (χ0v) is 23.4. The summed E-state index contributed by atoms with van der Waals surface area (Å²) in [6.07, 6.45) is -4.93. The van der Waals surface area contributed by atoms with Gasteiger partial charge in [0.2, 0.25) is 17.7 Å². The standard InChI is InChI=1S/C12H14N2O.C10H7F3N2O.C9H8N2O/c1-9(2)10-3-5-11(6-4-10)14-12(15)7-8-13;11-10(12,13)7-1-3-8(4-2-7)15-9(16)5-6-14;10-7-6-9(12)11-8-4-2-1-3-5-8/h3-6,9H,7H2,1-2H3,(H,14,15);1-4H,5H2,(H,15,16);1-5H,6H2,(H,11,12). The van der Waals surface area contributed by atoms with Crippen LogP contribution in [0.4, 0.5) is 30.2 Å². The maximum absolute atomic E-state index is 12.2. The molecule has 3 aromatic carbocycles. The molecule has 12 heteroatoms. The smallest absolute Gasteiger partial charge is 0.325 e. The van der Waals surface area contributed by atoms with E-state index in [2.05, 4.69) is 29.8 Å². The molecule has 0 heterocycles. The Balaban J connectivity index is 0.000000326. The van der Waals surface area contributed by atoms with Crippen molar-refractivity contribution in [2.75, 3.05) is 16.0 Å². The van der Waals surface area contributed by atoms with Crippen LogP contribution in [0.5, 0.6) is 0 Å². The molecule has 0 aliphatic heterocycles. The van der Waals surface area contributed by atoms with Gasteiger partial charge in [-0.2, -0.15) is 29.0 Å². The van der Waals surface area contributed by atoms with Crippen LogP contribution in [0.25, 0.3) is 0 Å². The fourth-order valence-corrected chi connectivity index (χ4v) is 3.05. The maximum atomic E-state index is 12.2. The molecular formula is C31H29F3N6O3. The van der Waals surface area contributed by atoms with Crippen molar-refractivity contribution in [2.24, 2.45) is 0 Å². The lowest BCUT2D eigenvalue weighted by Crippen LogP contribution is -2.10. The third-order valence-electron chi connectivity index (χ3n) is 5.13. The molecule has 0 unspecified atom stereocenters. The Morgan fingerprint density at radius 1 is 0.628 bits per heavy atom. The minimum atomic E-state index is -4.39. The SMILES string of the molecule is CC(C)c1ccc(NC(=O)CC#N)cc1.N#CCC(=O)Nc1ccc(C(F)(F)F)cc1.N#CCC(=O)Nc1ccccc1. The molecule has 3 aromatic rings. The van der Waals surface area contributed by atoms with Gasteiger partial charge in [0.1, 0.15) is 19.3 Å². The fourth-order valence-electron chi connectivity index (χ4n) is 3.05. The predicted octanol–water partition coefficient (Wildman–Crippen LogP) is 6.76. The van der Waals surface area contributed by atoms with E-state index in [0.717, 1.165) is 35.6 Å². The Labute approximate surface area is 247 Å². The van der Waals surface area contributed by atoms with Gasteiger partial charge in [0.15, 0.2) is 0 Å². The van der Waals surface area contributed by atoms with E-state index in [1.807, 2.05) is 42.5 Å². The molecule has 0 fully saturated rings. The zero-order chi connectivity index (χ0) is 32.3. The van der Waals surface area contributed by atoms with Gasteiger partial charge in [-0.25, -0.2) is 0 Å². The Kier molecular flexibility index (Phi) is 15.3. The van der Waals surface area contributed by atoms with Crippen LogP contribution in [-0.4, -0.2) is 17.7 Å². The molecule has 0 aliphatic carbocycles. The lowest BCUT2D eigenvalue weighted by molar-refractivity contribution is -0.137. The Bertz CT molecular complexity index is 1450. The first-order valence-corrected chi connectivity index (χ1v) is 12.7. The van der Waals surface area contributed by atoms with Crippen LogP contribution in [0, 0.1) is 34.0 Å². The van der Waals surface area contributed by atoms with Gasteiger partial charge in [0, 0.05) is 17.1 Å². The first-order valence-electron chi connectivity index (χ1n) is 12.7. The van der Waals surface area contributed by atoms with Crippen molar-refractivity contribution >= 4 is 34.8 Å². The van der Waals surface area contributed by atoms with Crippen molar-refractivity contribution in [3.05, 3.63) is 90.0 Å². The highest BCUT2D eigenvalue weighted by molar-refractivity contribution is 5.93. The molecule has 0 aliphatic rings. The molecule has 9 nitrogen and oxygen atoms in total. The van der Waals surface area contributed by atoms with Crippen LogP contribution in [0.1, 0.15) is 50.2 Å². The van der Waals surface area contributed by atoms with Gasteiger partial charge in [0.25, 0.3) is 0 Å². The van der Waals surface area contributed by atoms with E-state index in [-0.39, 0.29) is 36.8 Å². The van der Waals surface area contributed by atoms with E-state index >= 15 is 0 Å². The minimum absolute atomic E-state index is 0.102. The predicted molar refractivity (Wildman–Crippen MR) is 155 cm³/mol. The number of anilines is 3. The third kappa shape index (κ3) is 15.1. The van der Waals surface area contributed by atoms with Gasteiger partial charge in [-0.3, -0.25) is 14.4 Å². The summed E-state index contributed by atoms with van der Waals surface area (Å²) in [4.78, 5) is 32.9. The van der Waals surface area contributed by atoms with Crippen molar-refractivity contribution in [1.82, 2.24) is 0 Å². The number of nitrogens with zero attached hydrogens (tertiary/aromatic N) is 3. The minimum Gasteiger partial charge on any atom is -0.325 e. The monoisotopic (exact) mass is 590 g/mol. The number of carbonyl (C=O) groups excluding carboxylic acids is 3. The van der Waals surface area contributed by atoms with Crippen molar-refractivity contribution in [3.63, 3.8) is 0 Å². The van der Waals surface area contributed by atoms with Gasteiger partial charge < -0.3 is 16.0 Å². The molecule has 0 radical (unpaired) electrons. The van der Waals surface area contributed by atoms with E-state index in [1.165, 1.54) is 5.56 Å². The average molecular weight is 591 g/mol. The molecule has 0 bridgehead atoms. The van der Waals surface area contributed by atoms with E-state index in [1.54, 1.807) is 30.3 Å².